The second-order valence-corrected chi connectivity index (χ2v) is 6.95. The summed E-state index contributed by atoms with van der Waals surface area (Å²) >= 11 is 0. The number of likely N-dealkylation sites (tertiary alicyclic amines) is 1. The highest BCUT2D eigenvalue weighted by Gasteiger charge is 2.21. The predicted octanol–water partition coefficient (Wildman–Crippen LogP) is 2.44. The highest BCUT2D eigenvalue weighted by atomic mass is 16.5. The van der Waals surface area contributed by atoms with Gasteiger partial charge in [-0.2, -0.15) is 5.10 Å². The lowest BCUT2D eigenvalue weighted by Crippen LogP contribution is -2.30. The van der Waals surface area contributed by atoms with Crippen molar-refractivity contribution in [3.63, 3.8) is 0 Å². The zero-order valence-electron chi connectivity index (χ0n) is 16.0. The van der Waals surface area contributed by atoms with Gasteiger partial charge in [0.05, 0.1) is 24.4 Å². The molecule has 0 unspecified atom stereocenters. The van der Waals surface area contributed by atoms with Crippen LogP contribution in [0.25, 0.3) is 16.9 Å². The van der Waals surface area contributed by atoms with E-state index in [-0.39, 0.29) is 5.56 Å². The van der Waals surface area contributed by atoms with Gasteiger partial charge >= 0.3 is 5.97 Å². The van der Waals surface area contributed by atoms with Crippen LogP contribution in [0.3, 0.4) is 0 Å². The van der Waals surface area contributed by atoms with Crippen molar-refractivity contribution in [2.75, 3.05) is 26.2 Å². The molecule has 4 heterocycles. The lowest BCUT2D eigenvalue weighted by molar-refractivity contribution is 0.0527. The maximum atomic E-state index is 12.5. The molecule has 3 aromatic rings. The van der Waals surface area contributed by atoms with E-state index in [9.17, 15) is 9.59 Å². The Bertz CT molecular complexity index is 1050. The minimum atomic E-state index is -0.391. The van der Waals surface area contributed by atoms with Crippen molar-refractivity contribution in [1.82, 2.24) is 19.1 Å². The van der Waals surface area contributed by atoms with Crippen molar-refractivity contribution in [3.05, 3.63) is 58.5 Å². The molecule has 1 saturated heterocycles. The Balaban J connectivity index is 1.74. The molecule has 0 N–H and O–H groups in total. The highest BCUT2D eigenvalue weighted by molar-refractivity contribution is 5.98. The van der Waals surface area contributed by atoms with Gasteiger partial charge in [-0.3, -0.25) is 4.79 Å². The van der Waals surface area contributed by atoms with Gasteiger partial charge < -0.3 is 14.0 Å². The summed E-state index contributed by atoms with van der Waals surface area (Å²) in [5.74, 6) is -0.391. The zero-order valence-corrected chi connectivity index (χ0v) is 16.0. The van der Waals surface area contributed by atoms with Crippen LogP contribution < -0.4 is 5.56 Å². The Morgan fingerprint density at radius 1 is 1.14 bits per heavy atom. The van der Waals surface area contributed by atoms with Crippen molar-refractivity contribution in [2.24, 2.45) is 0 Å². The summed E-state index contributed by atoms with van der Waals surface area (Å²) in [5.41, 5.74) is 2.41. The molecule has 1 aliphatic heterocycles. The number of carbonyl (C=O) groups is 1. The quantitative estimate of drug-likeness (QED) is 0.615. The van der Waals surface area contributed by atoms with E-state index in [1.165, 1.54) is 23.6 Å². The molecule has 0 atom stereocenters. The van der Waals surface area contributed by atoms with Crippen molar-refractivity contribution in [1.29, 1.82) is 0 Å². The van der Waals surface area contributed by atoms with Gasteiger partial charge in [0.25, 0.3) is 5.56 Å². The number of fused-ring (bicyclic) bond motifs is 1. The van der Waals surface area contributed by atoms with Gasteiger partial charge in [0.15, 0.2) is 0 Å². The van der Waals surface area contributed by atoms with Crippen LogP contribution in [0.5, 0.6) is 0 Å². The van der Waals surface area contributed by atoms with Crippen LogP contribution in [0.2, 0.25) is 0 Å². The number of esters is 1. The monoisotopic (exact) mass is 380 g/mol. The summed E-state index contributed by atoms with van der Waals surface area (Å²) in [7, 11) is 0. The van der Waals surface area contributed by atoms with E-state index in [0.717, 1.165) is 25.2 Å². The van der Waals surface area contributed by atoms with E-state index in [2.05, 4.69) is 10.00 Å². The van der Waals surface area contributed by atoms with E-state index in [1.54, 1.807) is 19.1 Å². The van der Waals surface area contributed by atoms with Crippen LogP contribution in [-0.2, 0) is 11.3 Å². The molecule has 0 amide bonds. The number of hydrogen-bond donors (Lipinski definition) is 0. The Hall–Kier alpha value is -2.93. The van der Waals surface area contributed by atoms with Crippen LogP contribution in [0.1, 0.15) is 30.1 Å². The first-order valence-electron chi connectivity index (χ1n) is 9.75. The molecule has 7 nitrogen and oxygen atoms in total. The van der Waals surface area contributed by atoms with Gasteiger partial charge in [0.1, 0.15) is 5.69 Å². The minimum Gasteiger partial charge on any atom is -0.462 e. The van der Waals surface area contributed by atoms with E-state index < -0.39 is 5.97 Å². The number of nitrogens with zero attached hydrogens (tertiary/aromatic N) is 4. The van der Waals surface area contributed by atoms with Crippen LogP contribution in [0.4, 0.5) is 0 Å². The van der Waals surface area contributed by atoms with Crippen molar-refractivity contribution in [2.45, 2.75) is 26.3 Å². The summed E-state index contributed by atoms with van der Waals surface area (Å²) in [6.45, 7) is 5.56. The molecule has 7 heteroatoms. The molecule has 0 spiro atoms. The van der Waals surface area contributed by atoms with Gasteiger partial charge in [-0.25, -0.2) is 9.48 Å². The fraction of sp³-hybridized carbons (Fsp3) is 0.381. The fourth-order valence-corrected chi connectivity index (χ4v) is 3.73. The zero-order chi connectivity index (χ0) is 19.5. The average molecular weight is 380 g/mol. The molecule has 28 heavy (non-hydrogen) atoms. The summed E-state index contributed by atoms with van der Waals surface area (Å²) in [5, 5.41) is 4.58. The molecule has 1 fully saturated rings. The van der Waals surface area contributed by atoms with E-state index in [0.29, 0.717) is 30.1 Å². The number of aromatic nitrogens is 3. The molecule has 0 aliphatic carbocycles. The standard InChI is InChI=1S/C21H24N4O3/c1-2-28-21(27)17-15-16-7-3-4-12-24(16)20(17)18-8-9-19(26)25(22-18)14-13-23-10-5-6-11-23/h3-4,7-9,12,15H,2,5-6,10-11,13-14H2,1H3. The molecule has 146 valence electrons. The van der Waals surface area contributed by atoms with Gasteiger partial charge in [0.2, 0.25) is 0 Å². The average Bonchev–Trinajstić information content (AvgIpc) is 3.35. The number of pyridine rings is 1. The number of hydrogen-bond acceptors (Lipinski definition) is 5. The van der Waals surface area contributed by atoms with E-state index in [1.807, 2.05) is 28.8 Å². The van der Waals surface area contributed by atoms with Crippen LogP contribution in [-0.4, -0.2) is 51.3 Å². The van der Waals surface area contributed by atoms with Crippen molar-refractivity contribution in [3.8, 4) is 11.4 Å². The first-order chi connectivity index (χ1) is 13.7. The highest BCUT2D eigenvalue weighted by Crippen LogP contribution is 2.26. The number of carbonyl (C=O) groups excluding carboxylic acids is 1. The third kappa shape index (κ3) is 3.57. The smallest absolute Gasteiger partial charge is 0.340 e. The Morgan fingerprint density at radius 3 is 2.75 bits per heavy atom. The van der Waals surface area contributed by atoms with Crippen molar-refractivity contribution < 1.29 is 9.53 Å². The molecule has 4 rings (SSSR count). The first kappa shape index (κ1) is 18.4. The van der Waals surface area contributed by atoms with Gasteiger partial charge in [-0.15, -0.1) is 0 Å². The van der Waals surface area contributed by atoms with Gasteiger partial charge in [0, 0.05) is 24.3 Å². The number of rotatable bonds is 6. The fourth-order valence-electron chi connectivity index (χ4n) is 3.73. The van der Waals surface area contributed by atoms with Crippen LogP contribution >= 0.6 is 0 Å². The minimum absolute atomic E-state index is 0.138. The van der Waals surface area contributed by atoms with E-state index in [4.69, 9.17) is 4.74 Å². The maximum absolute atomic E-state index is 12.5. The van der Waals surface area contributed by atoms with Crippen LogP contribution in [0.15, 0.2) is 47.4 Å². The maximum Gasteiger partial charge on any atom is 0.340 e. The first-order valence-corrected chi connectivity index (χ1v) is 9.75. The molecule has 0 saturated carbocycles. The van der Waals surface area contributed by atoms with Gasteiger partial charge in [-0.1, -0.05) is 6.07 Å². The molecular weight excluding hydrogens is 356 g/mol. The normalized spacial score (nSPS) is 14.6. The molecule has 0 radical (unpaired) electrons. The third-order valence-electron chi connectivity index (χ3n) is 5.11. The molecular formula is C21H24N4O3. The van der Waals surface area contributed by atoms with Gasteiger partial charge in [-0.05, 0) is 57.1 Å². The summed E-state index contributed by atoms with van der Waals surface area (Å²) in [6, 6.07) is 10.7. The SMILES string of the molecule is CCOC(=O)c1cc2ccccn2c1-c1ccc(=O)n(CCN2CCCC2)n1. The lowest BCUT2D eigenvalue weighted by Gasteiger charge is -2.15. The molecule has 0 bridgehead atoms. The Labute approximate surface area is 163 Å². The second-order valence-electron chi connectivity index (χ2n) is 6.95. The summed E-state index contributed by atoms with van der Waals surface area (Å²) in [4.78, 5) is 27.2. The second kappa shape index (κ2) is 7.98. The predicted molar refractivity (Wildman–Crippen MR) is 107 cm³/mol. The van der Waals surface area contributed by atoms with Crippen LogP contribution in [0, 0.1) is 0 Å². The largest absolute Gasteiger partial charge is 0.462 e. The summed E-state index contributed by atoms with van der Waals surface area (Å²) in [6.07, 6.45) is 4.30. The molecule has 1 aliphatic rings. The number of ether oxygens (including phenoxy) is 1. The van der Waals surface area contributed by atoms with E-state index >= 15 is 0 Å². The Kier molecular flexibility index (Phi) is 5.25. The Morgan fingerprint density at radius 2 is 1.96 bits per heavy atom. The topological polar surface area (TPSA) is 68.8 Å². The third-order valence-corrected chi connectivity index (χ3v) is 5.11. The molecule has 3 aromatic heterocycles. The summed E-state index contributed by atoms with van der Waals surface area (Å²) < 4.78 is 8.63. The lowest BCUT2D eigenvalue weighted by atomic mass is 10.2. The molecule has 0 aromatic carbocycles. The van der Waals surface area contributed by atoms with Crippen molar-refractivity contribution >= 4 is 11.5 Å².